The van der Waals surface area contributed by atoms with E-state index in [1.54, 1.807) is 13.2 Å². The molecule has 1 nitrogen and oxygen atoms in total. The standard InChI is InChI=1S/C9H10Cl2O/c1-6(10)7-3-4-8(11)9(5-7)12-2/h3-6H,1-2H3/t6-/m0/s1. The first-order valence-corrected chi connectivity index (χ1v) is 4.44. The largest absolute Gasteiger partial charge is 0.495 e. The number of halogens is 2. The van der Waals surface area contributed by atoms with Crippen LogP contribution in [0.4, 0.5) is 0 Å². The van der Waals surface area contributed by atoms with Gasteiger partial charge < -0.3 is 4.74 Å². The molecule has 0 aliphatic heterocycles. The van der Waals surface area contributed by atoms with Gasteiger partial charge >= 0.3 is 0 Å². The van der Waals surface area contributed by atoms with Gasteiger partial charge in [-0.1, -0.05) is 17.7 Å². The maximum Gasteiger partial charge on any atom is 0.137 e. The van der Waals surface area contributed by atoms with Crippen molar-refractivity contribution in [3.8, 4) is 5.75 Å². The molecule has 66 valence electrons. The maximum atomic E-state index is 5.89. The van der Waals surface area contributed by atoms with E-state index in [4.69, 9.17) is 27.9 Å². The lowest BCUT2D eigenvalue weighted by Gasteiger charge is -2.07. The Labute approximate surface area is 82.2 Å². The van der Waals surface area contributed by atoms with Crippen LogP contribution in [0.25, 0.3) is 0 Å². The fourth-order valence-electron chi connectivity index (χ4n) is 0.924. The number of rotatable bonds is 2. The number of ether oxygens (including phenoxy) is 1. The molecule has 12 heavy (non-hydrogen) atoms. The first-order valence-electron chi connectivity index (χ1n) is 3.62. The minimum absolute atomic E-state index is 0.0174. The van der Waals surface area contributed by atoms with E-state index in [1.165, 1.54) is 0 Å². The van der Waals surface area contributed by atoms with Crippen LogP contribution < -0.4 is 4.74 Å². The van der Waals surface area contributed by atoms with Crippen molar-refractivity contribution in [3.05, 3.63) is 28.8 Å². The van der Waals surface area contributed by atoms with Crippen LogP contribution >= 0.6 is 23.2 Å². The zero-order valence-corrected chi connectivity index (χ0v) is 8.49. The molecule has 0 saturated carbocycles. The highest BCUT2D eigenvalue weighted by Gasteiger charge is 2.05. The average molecular weight is 205 g/mol. The third-order valence-corrected chi connectivity index (χ3v) is 2.20. The van der Waals surface area contributed by atoms with Crippen molar-refractivity contribution in [2.45, 2.75) is 12.3 Å². The van der Waals surface area contributed by atoms with E-state index in [0.29, 0.717) is 10.8 Å². The molecule has 0 N–H and O–H groups in total. The second kappa shape index (κ2) is 4.01. The third-order valence-electron chi connectivity index (χ3n) is 1.63. The van der Waals surface area contributed by atoms with Gasteiger partial charge in [0.15, 0.2) is 0 Å². The van der Waals surface area contributed by atoms with Crippen LogP contribution in [0.5, 0.6) is 5.75 Å². The van der Waals surface area contributed by atoms with E-state index < -0.39 is 0 Å². The van der Waals surface area contributed by atoms with Crippen molar-refractivity contribution in [3.63, 3.8) is 0 Å². The average Bonchev–Trinajstić information content (AvgIpc) is 2.05. The minimum atomic E-state index is -0.0174. The number of alkyl halides is 1. The molecule has 1 rings (SSSR count). The number of methoxy groups -OCH3 is 1. The molecule has 0 saturated heterocycles. The minimum Gasteiger partial charge on any atom is -0.495 e. The van der Waals surface area contributed by atoms with E-state index in [1.807, 2.05) is 19.1 Å². The summed E-state index contributed by atoms with van der Waals surface area (Å²) >= 11 is 11.7. The summed E-state index contributed by atoms with van der Waals surface area (Å²) in [4.78, 5) is 0. The molecule has 0 unspecified atom stereocenters. The SMILES string of the molecule is COc1cc([C@H](C)Cl)ccc1Cl. The van der Waals surface area contributed by atoms with Crippen LogP contribution in [0.1, 0.15) is 17.9 Å². The molecular weight excluding hydrogens is 195 g/mol. The summed E-state index contributed by atoms with van der Waals surface area (Å²) in [5, 5.41) is 0.592. The summed E-state index contributed by atoms with van der Waals surface area (Å²) < 4.78 is 5.05. The van der Waals surface area contributed by atoms with E-state index >= 15 is 0 Å². The molecule has 3 heteroatoms. The van der Waals surface area contributed by atoms with Gasteiger partial charge in [-0.2, -0.15) is 0 Å². The Kier molecular flexibility index (Phi) is 3.24. The van der Waals surface area contributed by atoms with Crippen molar-refractivity contribution in [1.29, 1.82) is 0 Å². The predicted octanol–water partition coefficient (Wildman–Crippen LogP) is 3.65. The summed E-state index contributed by atoms with van der Waals surface area (Å²) in [5.41, 5.74) is 1.01. The molecule has 0 bridgehead atoms. The van der Waals surface area contributed by atoms with Gasteiger partial charge in [0.05, 0.1) is 17.5 Å². The van der Waals surface area contributed by atoms with Crippen LogP contribution in [-0.4, -0.2) is 7.11 Å². The summed E-state index contributed by atoms with van der Waals surface area (Å²) in [6, 6.07) is 5.52. The number of hydrogen-bond donors (Lipinski definition) is 0. The summed E-state index contributed by atoms with van der Waals surface area (Å²) in [6.07, 6.45) is 0. The molecule has 0 aromatic heterocycles. The van der Waals surface area contributed by atoms with Crippen molar-refractivity contribution in [1.82, 2.24) is 0 Å². The van der Waals surface area contributed by atoms with E-state index in [-0.39, 0.29) is 5.38 Å². The van der Waals surface area contributed by atoms with E-state index in [2.05, 4.69) is 0 Å². The van der Waals surface area contributed by atoms with Crippen LogP contribution in [0, 0.1) is 0 Å². The highest BCUT2D eigenvalue weighted by atomic mass is 35.5. The first-order chi connectivity index (χ1) is 5.65. The molecule has 0 aliphatic carbocycles. The van der Waals surface area contributed by atoms with Crippen LogP contribution in [0.15, 0.2) is 18.2 Å². The number of hydrogen-bond acceptors (Lipinski definition) is 1. The lowest BCUT2D eigenvalue weighted by Crippen LogP contribution is -1.88. The second-order valence-corrected chi connectivity index (χ2v) is 3.57. The van der Waals surface area contributed by atoms with Crippen molar-refractivity contribution < 1.29 is 4.74 Å². The fraction of sp³-hybridized carbons (Fsp3) is 0.333. The first kappa shape index (κ1) is 9.69. The zero-order chi connectivity index (χ0) is 9.14. The molecule has 0 heterocycles. The van der Waals surface area contributed by atoms with E-state index in [0.717, 1.165) is 5.56 Å². The fourth-order valence-corrected chi connectivity index (χ4v) is 1.25. The van der Waals surface area contributed by atoms with Gasteiger partial charge in [-0.3, -0.25) is 0 Å². The summed E-state index contributed by atoms with van der Waals surface area (Å²) in [7, 11) is 1.59. The highest BCUT2D eigenvalue weighted by Crippen LogP contribution is 2.29. The Hall–Kier alpha value is -0.400. The zero-order valence-electron chi connectivity index (χ0n) is 6.97. The summed E-state index contributed by atoms with van der Waals surface area (Å²) in [6.45, 7) is 1.91. The van der Waals surface area contributed by atoms with Crippen molar-refractivity contribution in [2.24, 2.45) is 0 Å². The lowest BCUT2D eigenvalue weighted by molar-refractivity contribution is 0.414. The highest BCUT2D eigenvalue weighted by molar-refractivity contribution is 6.32. The molecule has 0 fully saturated rings. The molecule has 0 spiro atoms. The van der Waals surface area contributed by atoms with E-state index in [9.17, 15) is 0 Å². The van der Waals surface area contributed by atoms with Gasteiger partial charge in [0.25, 0.3) is 0 Å². The predicted molar refractivity (Wildman–Crippen MR) is 52.3 cm³/mol. The smallest absolute Gasteiger partial charge is 0.137 e. The number of benzene rings is 1. The van der Waals surface area contributed by atoms with Gasteiger partial charge in [-0.15, -0.1) is 11.6 Å². The molecule has 0 aliphatic rings. The Morgan fingerprint density at radius 1 is 1.42 bits per heavy atom. The Bertz CT molecular complexity index is 271. The Morgan fingerprint density at radius 2 is 2.08 bits per heavy atom. The summed E-state index contributed by atoms with van der Waals surface area (Å²) in [5.74, 6) is 0.668. The Balaban J connectivity index is 3.05. The lowest BCUT2D eigenvalue weighted by atomic mass is 10.1. The molecule has 1 atom stereocenters. The van der Waals surface area contributed by atoms with Crippen LogP contribution in [0.3, 0.4) is 0 Å². The van der Waals surface area contributed by atoms with Crippen molar-refractivity contribution in [2.75, 3.05) is 7.11 Å². The molecule has 1 aromatic carbocycles. The quantitative estimate of drug-likeness (QED) is 0.669. The Morgan fingerprint density at radius 3 is 2.58 bits per heavy atom. The third kappa shape index (κ3) is 2.05. The van der Waals surface area contributed by atoms with Crippen molar-refractivity contribution >= 4 is 23.2 Å². The van der Waals surface area contributed by atoms with Gasteiger partial charge in [0.1, 0.15) is 5.75 Å². The van der Waals surface area contributed by atoms with Gasteiger partial charge in [0, 0.05) is 0 Å². The topological polar surface area (TPSA) is 9.23 Å². The molecule has 0 radical (unpaired) electrons. The van der Waals surface area contributed by atoms with Gasteiger partial charge in [-0.05, 0) is 24.6 Å². The monoisotopic (exact) mass is 204 g/mol. The van der Waals surface area contributed by atoms with Gasteiger partial charge in [-0.25, -0.2) is 0 Å². The normalized spacial score (nSPS) is 12.7. The molecule has 1 aromatic rings. The molecule has 0 amide bonds. The molecular formula is C9H10Cl2O. The van der Waals surface area contributed by atoms with Gasteiger partial charge in [0.2, 0.25) is 0 Å². The van der Waals surface area contributed by atoms with Crippen LogP contribution in [-0.2, 0) is 0 Å². The maximum absolute atomic E-state index is 5.89. The van der Waals surface area contributed by atoms with Crippen LogP contribution in [0.2, 0.25) is 5.02 Å². The second-order valence-electron chi connectivity index (χ2n) is 2.51.